The summed E-state index contributed by atoms with van der Waals surface area (Å²) in [5, 5.41) is 0. The van der Waals surface area contributed by atoms with Gasteiger partial charge in [0.2, 0.25) is 0 Å². The average Bonchev–Trinajstić information content (AvgIpc) is 3.19. The van der Waals surface area contributed by atoms with Crippen molar-refractivity contribution in [1.82, 2.24) is 14.9 Å². The molecule has 20 heavy (non-hydrogen) atoms. The smallest absolute Gasteiger partial charge is 0.252 e. The first-order valence-electron chi connectivity index (χ1n) is 7.81. The molecule has 3 rings (SSSR count). The molecule has 0 spiro atoms. The molecule has 1 N–H and O–H groups in total. The normalized spacial score (nSPS) is 22.8. The number of anilines is 1. The SMILES string of the molecule is CCN(CC)C1CCN(c2cc(=O)[nH]c(C3CC3)n2)C1. The highest BCUT2D eigenvalue weighted by Crippen LogP contribution is 2.38. The van der Waals surface area contributed by atoms with Crippen LogP contribution in [-0.2, 0) is 0 Å². The highest BCUT2D eigenvalue weighted by atomic mass is 16.1. The topological polar surface area (TPSA) is 52.2 Å². The van der Waals surface area contributed by atoms with Crippen molar-refractivity contribution in [3.8, 4) is 0 Å². The summed E-state index contributed by atoms with van der Waals surface area (Å²) in [4.78, 5) is 24.1. The van der Waals surface area contributed by atoms with E-state index in [-0.39, 0.29) is 5.56 Å². The number of H-pyrrole nitrogens is 1. The number of hydrogen-bond acceptors (Lipinski definition) is 4. The van der Waals surface area contributed by atoms with Gasteiger partial charge < -0.3 is 9.88 Å². The molecule has 5 nitrogen and oxygen atoms in total. The Labute approximate surface area is 120 Å². The minimum Gasteiger partial charge on any atom is -0.355 e. The maximum absolute atomic E-state index is 11.8. The first-order valence-corrected chi connectivity index (χ1v) is 7.81. The Kier molecular flexibility index (Phi) is 3.78. The fraction of sp³-hybridized carbons (Fsp3) is 0.733. The van der Waals surface area contributed by atoms with Gasteiger partial charge in [-0.2, -0.15) is 0 Å². The van der Waals surface area contributed by atoms with E-state index in [4.69, 9.17) is 0 Å². The molecular weight excluding hydrogens is 252 g/mol. The molecule has 1 aromatic rings. The molecule has 0 bridgehead atoms. The lowest BCUT2D eigenvalue weighted by atomic mass is 10.2. The van der Waals surface area contributed by atoms with Crippen molar-refractivity contribution in [3.05, 3.63) is 22.2 Å². The zero-order valence-electron chi connectivity index (χ0n) is 12.4. The number of aromatic nitrogens is 2. The second kappa shape index (κ2) is 5.56. The zero-order valence-corrected chi connectivity index (χ0v) is 12.4. The molecule has 2 fully saturated rings. The summed E-state index contributed by atoms with van der Waals surface area (Å²) in [7, 11) is 0. The monoisotopic (exact) mass is 276 g/mol. The highest BCUT2D eigenvalue weighted by Gasteiger charge is 2.30. The van der Waals surface area contributed by atoms with Gasteiger partial charge in [0, 0.05) is 31.1 Å². The maximum Gasteiger partial charge on any atom is 0.252 e. The zero-order chi connectivity index (χ0) is 14.1. The van der Waals surface area contributed by atoms with Crippen LogP contribution in [-0.4, -0.2) is 47.1 Å². The molecule has 1 aliphatic heterocycles. The average molecular weight is 276 g/mol. The van der Waals surface area contributed by atoms with Crippen LogP contribution in [0, 0.1) is 0 Å². The van der Waals surface area contributed by atoms with E-state index in [9.17, 15) is 4.79 Å². The Balaban J connectivity index is 1.75. The molecular formula is C15H24N4O. The van der Waals surface area contributed by atoms with Crippen LogP contribution in [0.4, 0.5) is 5.82 Å². The van der Waals surface area contributed by atoms with E-state index >= 15 is 0 Å². The van der Waals surface area contributed by atoms with Crippen molar-refractivity contribution in [1.29, 1.82) is 0 Å². The van der Waals surface area contributed by atoms with E-state index in [0.717, 1.165) is 57.1 Å². The third-order valence-corrected chi connectivity index (χ3v) is 4.53. The van der Waals surface area contributed by atoms with Crippen LogP contribution in [0.1, 0.15) is 44.9 Å². The van der Waals surface area contributed by atoms with Gasteiger partial charge in [-0.3, -0.25) is 9.69 Å². The minimum absolute atomic E-state index is 0.0109. The molecule has 2 aliphatic rings. The van der Waals surface area contributed by atoms with Crippen molar-refractivity contribution in [2.45, 2.75) is 45.1 Å². The largest absolute Gasteiger partial charge is 0.355 e. The number of nitrogens with zero attached hydrogens (tertiary/aromatic N) is 3. The summed E-state index contributed by atoms with van der Waals surface area (Å²) < 4.78 is 0. The second-order valence-corrected chi connectivity index (χ2v) is 5.87. The van der Waals surface area contributed by atoms with Gasteiger partial charge in [0.05, 0.1) is 0 Å². The molecule has 110 valence electrons. The molecule has 1 aromatic heterocycles. The van der Waals surface area contributed by atoms with Crippen LogP contribution in [0.2, 0.25) is 0 Å². The van der Waals surface area contributed by atoms with Crippen molar-refractivity contribution < 1.29 is 0 Å². The molecule has 1 atom stereocenters. The van der Waals surface area contributed by atoms with Crippen molar-refractivity contribution in [3.63, 3.8) is 0 Å². The van der Waals surface area contributed by atoms with E-state index in [0.29, 0.717) is 12.0 Å². The quantitative estimate of drug-likeness (QED) is 0.887. The van der Waals surface area contributed by atoms with E-state index in [1.807, 2.05) is 0 Å². The van der Waals surface area contributed by atoms with E-state index in [1.54, 1.807) is 6.07 Å². The van der Waals surface area contributed by atoms with Gasteiger partial charge in [-0.15, -0.1) is 0 Å². The van der Waals surface area contributed by atoms with Crippen LogP contribution in [0.15, 0.2) is 10.9 Å². The Morgan fingerprint density at radius 1 is 1.35 bits per heavy atom. The molecule has 0 aromatic carbocycles. The lowest BCUT2D eigenvalue weighted by Gasteiger charge is -2.26. The van der Waals surface area contributed by atoms with Crippen LogP contribution in [0.3, 0.4) is 0 Å². The fourth-order valence-electron chi connectivity index (χ4n) is 3.16. The molecule has 0 radical (unpaired) electrons. The van der Waals surface area contributed by atoms with Gasteiger partial charge in [-0.25, -0.2) is 4.98 Å². The predicted molar refractivity (Wildman–Crippen MR) is 80.4 cm³/mol. The lowest BCUT2D eigenvalue weighted by Crippen LogP contribution is -2.37. The number of hydrogen-bond donors (Lipinski definition) is 1. The van der Waals surface area contributed by atoms with E-state index in [1.165, 1.54) is 0 Å². The molecule has 1 unspecified atom stereocenters. The Morgan fingerprint density at radius 3 is 2.75 bits per heavy atom. The molecule has 1 aliphatic carbocycles. The van der Waals surface area contributed by atoms with Crippen molar-refractivity contribution in [2.24, 2.45) is 0 Å². The highest BCUT2D eigenvalue weighted by molar-refractivity contribution is 5.40. The first kappa shape index (κ1) is 13.6. The summed E-state index contributed by atoms with van der Waals surface area (Å²) in [6, 6.07) is 2.24. The second-order valence-electron chi connectivity index (χ2n) is 5.87. The third kappa shape index (κ3) is 2.73. The van der Waals surface area contributed by atoms with E-state index < -0.39 is 0 Å². The van der Waals surface area contributed by atoms with Crippen molar-refractivity contribution in [2.75, 3.05) is 31.1 Å². The van der Waals surface area contributed by atoms with Crippen molar-refractivity contribution >= 4 is 5.82 Å². The summed E-state index contributed by atoms with van der Waals surface area (Å²) in [6.07, 6.45) is 3.48. The number of likely N-dealkylation sites (N-methyl/N-ethyl adjacent to an activating group) is 1. The van der Waals surface area contributed by atoms with Gasteiger partial charge in [0.15, 0.2) is 0 Å². The lowest BCUT2D eigenvalue weighted by molar-refractivity contribution is 0.232. The number of nitrogens with one attached hydrogen (secondary N) is 1. The number of aromatic amines is 1. The fourth-order valence-corrected chi connectivity index (χ4v) is 3.16. The van der Waals surface area contributed by atoms with Crippen LogP contribution in [0.25, 0.3) is 0 Å². The standard InChI is InChI=1S/C15H24N4O/c1-3-18(4-2)12-7-8-19(10-12)13-9-14(20)17-15(16-13)11-5-6-11/h9,11-12H,3-8,10H2,1-2H3,(H,16,17,20). The van der Waals surface area contributed by atoms with Gasteiger partial charge >= 0.3 is 0 Å². The van der Waals surface area contributed by atoms with Crippen LogP contribution >= 0.6 is 0 Å². The first-order chi connectivity index (χ1) is 9.71. The molecule has 2 heterocycles. The molecule has 0 amide bonds. The van der Waals surface area contributed by atoms with E-state index in [2.05, 4.69) is 33.6 Å². The maximum atomic E-state index is 11.8. The van der Waals surface area contributed by atoms with Gasteiger partial charge in [-0.05, 0) is 32.4 Å². The number of rotatable bonds is 5. The Morgan fingerprint density at radius 2 is 2.10 bits per heavy atom. The Hall–Kier alpha value is -1.36. The summed E-state index contributed by atoms with van der Waals surface area (Å²) in [5.74, 6) is 2.24. The molecule has 5 heteroatoms. The summed E-state index contributed by atoms with van der Waals surface area (Å²) in [5.41, 5.74) is -0.0109. The van der Waals surface area contributed by atoms with Gasteiger partial charge in [-0.1, -0.05) is 13.8 Å². The van der Waals surface area contributed by atoms with Crippen LogP contribution < -0.4 is 10.5 Å². The molecule has 1 saturated carbocycles. The van der Waals surface area contributed by atoms with Crippen LogP contribution in [0.5, 0.6) is 0 Å². The predicted octanol–water partition coefficient (Wildman–Crippen LogP) is 1.57. The molecule has 1 saturated heterocycles. The summed E-state index contributed by atoms with van der Waals surface area (Å²) in [6.45, 7) is 8.59. The Bertz CT molecular complexity index is 519. The van der Waals surface area contributed by atoms with Gasteiger partial charge in [0.1, 0.15) is 11.6 Å². The third-order valence-electron chi connectivity index (χ3n) is 4.53. The van der Waals surface area contributed by atoms with Gasteiger partial charge in [0.25, 0.3) is 5.56 Å². The summed E-state index contributed by atoms with van der Waals surface area (Å²) >= 11 is 0. The minimum atomic E-state index is -0.0109.